The minimum atomic E-state index is -0.299. The molecule has 2 aromatic rings. The number of carbonyl (C=O) groups excluding carboxylic acids is 1. The van der Waals surface area contributed by atoms with E-state index in [0.29, 0.717) is 42.0 Å². The third kappa shape index (κ3) is 5.30. The van der Waals surface area contributed by atoms with E-state index >= 15 is 0 Å². The third-order valence-corrected chi connectivity index (χ3v) is 5.41. The summed E-state index contributed by atoms with van der Waals surface area (Å²) in [4.78, 5) is 14.2. The molecule has 1 amide bonds. The van der Waals surface area contributed by atoms with Crippen LogP contribution in [0.3, 0.4) is 0 Å². The van der Waals surface area contributed by atoms with E-state index in [1.54, 1.807) is 19.1 Å². The summed E-state index contributed by atoms with van der Waals surface area (Å²) in [6, 6.07) is 11.6. The van der Waals surface area contributed by atoms with Crippen molar-refractivity contribution in [2.45, 2.75) is 32.9 Å². The zero-order chi connectivity index (χ0) is 21.7. The summed E-state index contributed by atoms with van der Waals surface area (Å²) in [6.07, 6.45) is 0.366. The number of halogens is 1. The van der Waals surface area contributed by atoms with Crippen molar-refractivity contribution in [1.29, 1.82) is 0 Å². The second kappa shape index (κ2) is 9.94. The van der Waals surface area contributed by atoms with Gasteiger partial charge in [-0.1, -0.05) is 37.6 Å². The van der Waals surface area contributed by atoms with E-state index < -0.39 is 0 Å². The topological polar surface area (TPSA) is 60.0 Å². The van der Waals surface area contributed by atoms with Crippen LogP contribution in [-0.2, 0) is 17.7 Å². The standard InChI is InChI=1S/C23H29ClN2O4/c1-15(2)12-25-20-10-17(5-7-19(20)24)13-26-18(14-30-23(26)27)9-16-6-8-21(28-3)22(11-16)29-4/h5-8,10-11,15,18,25H,9,12-14H2,1-4H3. The van der Waals surface area contributed by atoms with E-state index in [0.717, 1.165) is 23.4 Å². The zero-order valence-corrected chi connectivity index (χ0v) is 18.7. The van der Waals surface area contributed by atoms with Crippen molar-refractivity contribution in [3.05, 3.63) is 52.5 Å². The Morgan fingerprint density at radius 2 is 1.87 bits per heavy atom. The molecule has 0 aromatic heterocycles. The van der Waals surface area contributed by atoms with Crippen LogP contribution < -0.4 is 14.8 Å². The van der Waals surface area contributed by atoms with Crippen LogP contribution in [0.2, 0.25) is 5.02 Å². The molecule has 1 fully saturated rings. The number of nitrogens with zero attached hydrogens (tertiary/aromatic N) is 1. The largest absolute Gasteiger partial charge is 0.493 e. The number of carbonyl (C=O) groups is 1. The van der Waals surface area contributed by atoms with E-state index in [1.165, 1.54) is 0 Å². The van der Waals surface area contributed by atoms with Crippen molar-refractivity contribution in [2.24, 2.45) is 5.92 Å². The van der Waals surface area contributed by atoms with Gasteiger partial charge in [-0.15, -0.1) is 0 Å². The van der Waals surface area contributed by atoms with Gasteiger partial charge in [-0.05, 0) is 47.7 Å². The molecular weight excluding hydrogens is 404 g/mol. The van der Waals surface area contributed by atoms with E-state index in [2.05, 4.69) is 19.2 Å². The van der Waals surface area contributed by atoms with Crippen LogP contribution in [0.4, 0.5) is 10.5 Å². The lowest BCUT2D eigenvalue weighted by molar-refractivity contribution is 0.156. The third-order valence-electron chi connectivity index (χ3n) is 5.08. The Balaban J connectivity index is 1.73. The number of benzene rings is 2. The highest BCUT2D eigenvalue weighted by molar-refractivity contribution is 6.33. The number of rotatable bonds is 9. The lowest BCUT2D eigenvalue weighted by atomic mass is 10.0. The van der Waals surface area contributed by atoms with Gasteiger partial charge >= 0.3 is 6.09 Å². The number of amides is 1. The fraction of sp³-hybridized carbons (Fsp3) is 0.435. The molecule has 30 heavy (non-hydrogen) atoms. The fourth-order valence-electron chi connectivity index (χ4n) is 3.45. The lowest BCUT2D eigenvalue weighted by Crippen LogP contribution is -2.34. The average Bonchev–Trinajstić information content (AvgIpc) is 3.07. The van der Waals surface area contributed by atoms with Crippen molar-refractivity contribution in [3.63, 3.8) is 0 Å². The van der Waals surface area contributed by atoms with Crippen LogP contribution in [0.15, 0.2) is 36.4 Å². The fourth-order valence-corrected chi connectivity index (χ4v) is 3.63. The molecule has 0 spiro atoms. The average molecular weight is 433 g/mol. The molecule has 162 valence electrons. The van der Waals surface area contributed by atoms with Crippen molar-refractivity contribution < 1.29 is 19.0 Å². The number of ether oxygens (including phenoxy) is 3. The molecule has 1 N–H and O–H groups in total. The Hall–Kier alpha value is -2.60. The van der Waals surface area contributed by atoms with Gasteiger partial charge in [0.25, 0.3) is 0 Å². The maximum absolute atomic E-state index is 12.4. The van der Waals surface area contributed by atoms with Gasteiger partial charge in [-0.2, -0.15) is 0 Å². The summed E-state index contributed by atoms with van der Waals surface area (Å²) >= 11 is 6.32. The van der Waals surface area contributed by atoms with Gasteiger partial charge in [0, 0.05) is 13.1 Å². The second-order valence-electron chi connectivity index (χ2n) is 7.84. The molecule has 1 unspecified atom stereocenters. The molecule has 6 nitrogen and oxygen atoms in total. The molecular formula is C23H29ClN2O4. The summed E-state index contributed by atoms with van der Waals surface area (Å²) in [5, 5.41) is 4.04. The maximum atomic E-state index is 12.4. The first-order valence-corrected chi connectivity index (χ1v) is 10.5. The molecule has 2 aromatic carbocycles. The van der Waals surface area contributed by atoms with Gasteiger partial charge in [0.15, 0.2) is 11.5 Å². The summed E-state index contributed by atoms with van der Waals surface area (Å²) in [5.41, 5.74) is 2.94. The Morgan fingerprint density at radius 3 is 2.57 bits per heavy atom. The number of methoxy groups -OCH3 is 2. The first-order valence-electron chi connectivity index (χ1n) is 10.1. The Labute approximate surface area is 183 Å². The highest BCUT2D eigenvalue weighted by Crippen LogP contribution is 2.30. The highest BCUT2D eigenvalue weighted by atomic mass is 35.5. The van der Waals surface area contributed by atoms with Gasteiger partial charge in [0.2, 0.25) is 0 Å². The molecule has 0 radical (unpaired) electrons. The van der Waals surface area contributed by atoms with Gasteiger partial charge in [-0.3, -0.25) is 4.90 Å². The van der Waals surface area contributed by atoms with Crippen molar-refractivity contribution in [3.8, 4) is 11.5 Å². The van der Waals surface area contributed by atoms with E-state index in [-0.39, 0.29) is 12.1 Å². The van der Waals surface area contributed by atoms with E-state index in [9.17, 15) is 4.79 Å². The molecule has 0 saturated carbocycles. The smallest absolute Gasteiger partial charge is 0.410 e. The van der Waals surface area contributed by atoms with Crippen LogP contribution in [0.5, 0.6) is 11.5 Å². The van der Waals surface area contributed by atoms with Crippen molar-refractivity contribution >= 4 is 23.4 Å². The van der Waals surface area contributed by atoms with Crippen molar-refractivity contribution in [1.82, 2.24) is 4.90 Å². The predicted octanol–water partition coefficient (Wildman–Crippen LogP) is 4.99. The maximum Gasteiger partial charge on any atom is 0.410 e. The van der Waals surface area contributed by atoms with Gasteiger partial charge in [0.05, 0.1) is 31.0 Å². The predicted molar refractivity (Wildman–Crippen MR) is 119 cm³/mol. The highest BCUT2D eigenvalue weighted by Gasteiger charge is 2.33. The summed E-state index contributed by atoms with van der Waals surface area (Å²) in [6.45, 7) is 5.94. The van der Waals surface area contributed by atoms with Crippen LogP contribution >= 0.6 is 11.6 Å². The molecule has 7 heteroatoms. The van der Waals surface area contributed by atoms with Gasteiger partial charge < -0.3 is 19.5 Å². The first kappa shape index (κ1) is 22.1. The van der Waals surface area contributed by atoms with Crippen LogP contribution in [0.25, 0.3) is 0 Å². The minimum absolute atomic E-state index is 0.0571. The molecule has 1 atom stereocenters. The first-order chi connectivity index (χ1) is 14.4. The molecule has 1 heterocycles. The normalized spacial score (nSPS) is 16.0. The number of anilines is 1. The quantitative estimate of drug-likeness (QED) is 0.605. The van der Waals surface area contributed by atoms with Crippen molar-refractivity contribution in [2.75, 3.05) is 32.7 Å². The minimum Gasteiger partial charge on any atom is -0.493 e. The zero-order valence-electron chi connectivity index (χ0n) is 17.9. The molecule has 1 aliphatic heterocycles. The monoisotopic (exact) mass is 432 g/mol. The Bertz CT molecular complexity index is 888. The lowest BCUT2D eigenvalue weighted by Gasteiger charge is -2.22. The van der Waals surface area contributed by atoms with Crippen LogP contribution in [-0.4, -0.2) is 44.4 Å². The second-order valence-corrected chi connectivity index (χ2v) is 8.25. The Morgan fingerprint density at radius 1 is 1.13 bits per heavy atom. The van der Waals surface area contributed by atoms with Crippen LogP contribution in [0, 0.1) is 5.92 Å². The SMILES string of the molecule is COc1ccc(CC2COC(=O)N2Cc2ccc(Cl)c(NCC(C)C)c2)cc1OC. The molecule has 0 aliphatic carbocycles. The molecule has 3 rings (SSSR count). The molecule has 0 bridgehead atoms. The van der Waals surface area contributed by atoms with E-state index in [4.69, 9.17) is 25.8 Å². The number of nitrogens with one attached hydrogen (secondary N) is 1. The summed E-state index contributed by atoms with van der Waals surface area (Å²) in [5.74, 6) is 1.86. The van der Waals surface area contributed by atoms with Gasteiger partial charge in [0.1, 0.15) is 6.61 Å². The number of hydrogen-bond donors (Lipinski definition) is 1. The summed E-state index contributed by atoms with van der Waals surface area (Å²) in [7, 11) is 3.22. The molecule has 1 saturated heterocycles. The number of cyclic esters (lactones) is 1. The van der Waals surface area contributed by atoms with Gasteiger partial charge in [-0.25, -0.2) is 4.79 Å². The summed E-state index contributed by atoms with van der Waals surface area (Å²) < 4.78 is 16.0. The number of hydrogen-bond acceptors (Lipinski definition) is 5. The molecule has 1 aliphatic rings. The Kier molecular flexibility index (Phi) is 7.32. The van der Waals surface area contributed by atoms with E-state index in [1.807, 2.05) is 36.4 Å². The van der Waals surface area contributed by atoms with Crippen LogP contribution in [0.1, 0.15) is 25.0 Å².